The third-order valence-electron chi connectivity index (χ3n) is 3.28. The number of hydrogen-bond acceptors (Lipinski definition) is 7. The van der Waals surface area contributed by atoms with Crippen molar-refractivity contribution in [2.24, 2.45) is 5.18 Å². The third kappa shape index (κ3) is 5.38. The summed E-state index contributed by atoms with van der Waals surface area (Å²) in [6, 6.07) is 6.50. The van der Waals surface area contributed by atoms with Crippen LogP contribution in [0.25, 0.3) is 0 Å². The molecule has 8 heteroatoms. The van der Waals surface area contributed by atoms with E-state index in [-0.39, 0.29) is 18.4 Å². The summed E-state index contributed by atoms with van der Waals surface area (Å²) in [5.74, 6) is -1.81. The van der Waals surface area contributed by atoms with Crippen LogP contribution in [0.4, 0.5) is 0 Å². The fourth-order valence-electron chi connectivity index (χ4n) is 1.86. The van der Waals surface area contributed by atoms with Crippen LogP contribution in [-0.4, -0.2) is 41.6 Å². The van der Waals surface area contributed by atoms with Crippen LogP contribution in [-0.2, 0) is 14.4 Å². The first-order chi connectivity index (χ1) is 11.3. The first-order valence-electron chi connectivity index (χ1n) is 6.93. The molecule has 0 amide bonds. The quantitative estimate of drug-likeness (QED) is 0.437. The Morgan fingerprint density at radius 1 is 1.21 bits per heavy atom. The maximum absolute atomic E-state index is 11.0. The number of nitroso groups, excluding NO2 is 1. The van der Waals surface area contributed by atoms with E-state index < -0.39 is 23.1 Å². The fourth-order valence-corrected chi connectivity index (χ4v) is 1.86. The van der Waals surface area contributed by atoms with Gasteiger partial charge in [0.25, 0.3) is 0 Å². The van der Waals surface area contributed by atoms with Gasteiger partial charge in [-0.2, -0.15) is 0 Å². The average Bonchev–Trinajstić information content (AvgIpc) is 2.55. The van der Waals surface area contributed by atoms with Crippen LogP contribution < -0.4 is 4.74 Å². The Balaban J connectivity index is 0.000000446. The van der Waals surface area contributed by atoms with Crippen molar-refractivity contribution in [1.29, 1.82) is 0 Å². The number of carbonyl (C=O) groups excluding carboxylic acids is 3. The number of carboxylic acid groups (broad SMARTS) is 1. The lowest BCUT2D eigenvalue weighted by Crippen LogP contribution is -2.41. The van der Waals surface area contributed by atoms with Gasteiger partial charge in [-0.1, -0.05) is 12.1 Å². The smallest absolute Gasteiger partial charge is 0.339 e. The molecule has 0 saturated heterocycles. The summed E-state index contributed by atoms with van der Waals surface area (Å²) in [4.78, 5) is 53.0. The highest BCUT2D eigenvalue weighted by molar-refractivity contribution is 6.10. The van der Waals surface area contributed by atoms with Crippen molar-refractivity contribution in [3.8, 4) is 5.75 Å². The van der Waals surface area contributed by atoms with Crippen LogP contribution in [0.2, 0.25) is 0 Å². The van der Waals surface area contributed by atoms with Crippen LogP contribution in [0.3, 0.4) is 0 Å². The van der Waals surface area contributed by atoms with Crippen LogP contribution in [0.1, 0.15) is 37.0 Å². The SMILES string of the molecule is CC(=O)C(CCC=O)(N=O)C(C)=O.COc1ccccc1C(=O)O. The predicted octanol–water partition coefficient (Wildman–Crippen LogP) is 2.04. The summed E-state index contributed by atoms with van der Waals surface area (Å²) in [7, 11) is 1.45. The van der Waals surface area contributed by atoms with Crippen molar-refractivity contribution in [3.05, 3.63) is 34.7 Å². The molecule has 0 radical (unpaired) electrons. The Hall–Kier alpha value is -2.90. The van der Waals surface area contributed by atoms with Crippen LogP contribution >= 0.6 is 0 Å². The zero-order valence-electron chi connectivity index (χ0n) is 13.6. The van der Waals surface area contributed by atoms with Crippen molar-refractivity contribution in [2.45, 2.75) is 32.2 Å². The minimum absolute atomic E-state index is 0.0229. The van der Waals surface area contributed by atoms with Gasteiger partial charge in [0.1, 0.15) is 17.6 Å². The number of methoxy groups -OCH3 is 1. The highest BCUT2D eigenvalue weighted by atomic mass is 16.5. The van der Waals surface area contributed by atoms with E-state index in [0.29, 0.717) is 12.0 Å². The number of para-hydroxylation sites is 1. The van der Waals surface area contributed by atoms with Crippen LogP contribution in [0.5, 0.6) is 5.75 Å². The van der Waals surface area contributed by atoms with Crippen LogP contribution in [0, 0.1) is 4.91 Å². The zero-order valence-corrected chi connectivity index (χ0v) is 13.6. The van der Waals surface area contributed by atoms with Crippen molar-refractivity contribution in [3.63, 3.8) is 0 Å². The Morgan fingerprint density at radius 2 is 1.75 bits per heavy atom. The molecule has 24 heavy (non-hydrogen) atoms. The molecule has 0 aliphatic heterocycles. The molecule has 1 aromatic carbocycles. The molecule has 0 aromatic heterocycles. The summed E-state index contributed by atoms with van der Waals surface area (Å²) >= 11 is 0. The average molecular weight is 337 g/mol. The zero-order chi connectivity index (χ0) is 18.8. The molecule has 1 N–H and O–H groups in total. The van der Waals surface area contributed by atoms with Crippen molar-refractivity contribution in [2.75, 3.05) is 7.11 Å². The first kappa shape index (κ1) is 21.1. The monoisotopic (exact) mass is 337 g/mol. The maximum Gasteiger partial charge on any atom is 0.339 e. The number of aromatic carboxylic acids is 1. The van der Waals surface area contributed by atoms with Gasteiger partial charge in [0, 0.05) is 6.42 Å². The molecule has 0 spiro atoms. The molecule has 0 unspecified atom stereocenters. The number of hydrogen-bond donors (Lipinski definition) is 1. The minimum atomic E-state index is -1.85. The summed E-state index contributed by atoms with van der Waals surface area (Å²) < 4.78 is 4.83. The number of ether oxygens (including phenoxy) is 1. The molecule has 0 saturated carbocycles. The second kappa shape index (κ2) is 9.98. The number of aldehydes is 1. The van der Waals surface area contributed by atoms with E-state index in [1.807, 2.05) is 0 Å². The lowest BCUT2D eigenvalue weighted by atomic mass is 9.87. The molecule has 0 heterocycles. The number of carboxylic acids is 1. The highest BCUT2D eigenvalue weighted by Crippen LogP contribution is 2.20. The molecule has 0 aliphatic carbocycles. The van der Waals surface area contributed by atoms with E-state index in [0.717, 1.165) is 13.8 Å². The maximum atomic E-state index is 11.0. The molecule has 130 valence electrons. The van der Waals surface area contributed by atoms with Crippen LogP contribution in [0.15, 0.2) is 29.4 Å². The summed E-state index contributed by atoms with van der Waals surface area (Å²) in [6.45, 7) is 2.24. The van der Waals surface area contributed by atoms with Gasteiger partial charge < -0.3 is 14.6 Å². The second-order valence-corrected chi connectivity index (χ2v) is 4.77. The van der Waals surface area contributed by atoms with Gasteiger partial charge in [-0.25, -0.2) is 4.79 Å². The molecule has 0 aliphatic rings. The van der Waals surface area contributed by atoms with Gasteiger partial charge in [-0.15, -0.1) is 4.91 Å². The largest absolute Gasteiger partial charge is 0.496 e. The van der Waals surface area contributed by atoms with E-state index in [9.17, 15) is 24.1 Å². The van der Waals surface area contributed by atoms with Gasteiger partial charge >= 0.3 is 5.97 Å². The molecule has 1 rings (SSSR count). The molecule has 0 bridgehead atoms. The lowest BCUT2D eigenvalue weighted by Gasteiger charge is -2.18. The Morgan fingerprint density at radius 3 is 2.08 bits per heavy atom. The Labute approximate surface area is 138 Å². The van der Waals surface area contributed by atoms with Crippen molar-refractivity contribution < 1.29 is 29.0 Å². The molecule has 8 nitrogen and oxygen atoms in total. The standard InChI is InChI=1S/C8H11NO4.C8H8O3/c1-6(11)8(9-13,7(2)12)4-3-5-10;1-11-7-5-3-2-4-6(7)8(9)10/h5H,3-4H2,1-2H3;2-5H,1H3,(H,9,10). The van der Waals surface area contributed by atoms with Gasteiger partial charge in [0.05, 0.1) is 7.11 Å². The van der Waals surface area contributed by atoms with E-state index in [1.165, 1.54) is 13.2 Å². The highest BCUT2D eigenvalue weighted by Gasteiger charge is 2.41. The minimum Gasteiger partial charge on any atom is -0.496 e. The molecular weight excluding hydrogens is 318 g/mol. The van der Waals surface area contributed by atoms with Gasteiger partial charge in [0.15, 0.2) is 11.6 Å². The second-order valence-electron chi connectivity index (χ2n) is 4.77. The first-order valence-corrected chi connectivity index (χ1v) is 6.93. The lowest BCUT2D eigenvalue weighted by molar-refractivity contribution is -0.132. The summed E-state index contributed by atoms with van der Waals surface area (Å²) in [6.07, 6.45) is 0.390. The topological polar surface area (TPSA) is 127 Å². The summed E-state index contributed by atoms with van der Waals surface area (Å²) in [5, 5.41) is 11.2. The summed E-state index contributed by atoms with van der Waals surface area (Å²) in [5.41, 5.74) is -1.66. The molecule has 0 atom stereocenters. The third-order valence-corrected chi connectivity index (χ3v) is 3.28. The number of carbonyl (C=O) groups is 4. The van der Waals surface area contributed by atoms with E-state index >= 15 is 0 Å². The Bertz CT molecular complexity index is 611. The number of rotatable bonds is 8. The molecule has 1 aromatic rings. The van der Waals surface area contributed by atoms with Gasteiger partial charge in [0.2, 0.25) is 5.54 Å². The number of Topliss-reactive ketones (excluding diaryl/α,β-unsaturated/α-hetero) is 2. The molecular formula is C16H19NO7. The van der Waals surface area contributed by atoms with Crippen molar-refractivity contribution >= 4 is 23.8 Å². The number of nitrogens with zero attached hydrogens (tertiary/aromatic N) is 1. The van der Waals surface area contributed by atoms with E-state index in [2.05, 4.69) is 5.18 Å². The normalized spacial score (nSPS) is 9.96. The van der Waals surface area contributed by atoms with Gasteiger partial charge in [-0.05, 0) is 37.6 Å². The predicted molar refractivity (Wildman–Crippen MR) is 85.1 cm³/mol. The Kier molecular flexibility index (Phi) is 8.78. The van der Waals surface area contributed by atoms with E-state index in [4.69, 9.17) is 9.84 Å². The van der Waals surface area contributed by atoms with Gasteiger partial charge in [-0.3, -0.25) is 9.59 Å². The fraction of sp³-hybridized carbons (Fsp3) is 0.375. The number of ketones is 2. The van der Waals surface area contributed by atoms with Crippen molar-refractivity contribution in [1.82, 2.24) is 0 Å². The molecule has 0 fully saturated rings. The van der Waals surface area contributed by atoms with E-state index in [1.54, 1.807) is 18.2 Å². The number of benzene rings is 1.